The summed E-state index contributed by atoms with van der Waals surface area (Å²) in [7, 11) is 0. The standard InChI is InChI=1S/C12H13F/c1-4-12(9(2)3)10-5-7-11(13)8-6-10/h4-8H,1H2,2-3H3. The number of halogens is 1. The van der Waals surface area contributed by atoms with Crippen LogP contribution in [0.25, 0.3) is 5.57 Å². The largest absolute Gasteiger partial charge is 0.207 e. The fraction of sp³-hybridized carbons (Fsp3) is 0.167. The van der Waals surface area contributed by atoms with Gasteiger partial charge in [-0.25, -0.2) is 4.39 Å². The molecule has 0 nitrogen and oxygen atoms in total. The molecule has 0 saturated carbocycles. The van der Waals surface area contributed by atoms with Crippen molar-refractivity contribution in [2.45, 2.75) is 13.8 Å². The highest BCUT2D eigenvalue weighted by Gasteiger charge is 1.98. The van der Waals surface area contributed by atoms with Crippen molar-refractivity contribution in [2.24, 2.45) is 0 Å². The second-order valence-corrected chi connectivity index (χ2v) is 3.12. The van der Waals surface area contributed by atoms with Crippen molar-refractivity contribution in [3.8, 4) is 0 Å². The zero-order valence-corrected chi connectivity index (χ0v) is 7.97. The van der Waals surface area contributed by atoms with Crippen molar-refractivity contribution < 1.29 is 4.39 Å². The molecule has 1 heteroatoms. The van der Waals surface area contributed by atoms with E-state index in [9.17, 15) is 4.39 Å². The normalized spacial score (nSPS) is 9.46. The highest BCUT2D eigenvalue weighted by molar-refractivity contribution is 5.75. The number of hydrogen-bond donors (Lipinski definition) is 0. The SMILES string of the molecule is C=CC(=C(C)C)c1ccc(F)cc1. The molecule has 0 atom stereocenters. The van der Waals surface area contributed by atoms with Gasteiger partial charge in [0.2, 0.25) is 0 Å². The number of benzene rings is 1. The van der Waals surface area contributed by atoms with Crippen LogP contribution in [0, 0.1) is 5.82 Å². The van der Waals surface area contributed by atoms with Gasteiger partial charge in [-0.1, -0.05) is 30.4 Å². The fourth-order valence-electron chi connectivity index (χ4n) is 1.24. The van der Waals surface area contributed by atoms with E-state index in [2.05, 4.69) is 6.58 Å². The lowest BCUT2D eigenvalue weighted by atomic mass is 10.0. The van der Waals surface area contributed by atoms with Gasteiger partial charge in [0, 0.05) is 0 Å². The summed E-state index contributed by atoms with van der Waals surface area (Å²) in [5.41, 5.74) is 3.26. The highest BCUT2D eigenvalue weighted by Crippen LogP contribution is 2.19. The summed E-state index contributed by atoms with van der Waals surface area (Å²) in [6, 6.07) is 6.45. The Morgan fingerprint density at radius 2 is 1.77 bits per heavy atom. The topological polar surface area (TPSA) is 0 Å². The van der Waals surface area contributed by atoms with Gasteiger partial charge in [0.1, 0.15) is 5.82 Å². The molecule has 0 spiro atoms. The third-order valence-corrected chi connectivity index (χ3v) is 1.90. The Balaban J connectivity index is 3.15. The van der Waals surface area contributed by atoms with Crippen molar-refractivity contribution in [3.63, 3.8) is 0 Å². The molecule has 0 fully saturated rings. The molecule has 0 unspecified atom stereocenters. The van der Waals surface area contributed by atoms with Crippen molar-refractivity contribution in [1.29, 1.82) is 0 Å². The second-order valence-electron chi connectivity index (χ2n) is 3.12. The van der Waals surface area contributed by atoms with Crippen molar-refractivity contribution >= 4 is 5.57 Å². The summed E-state index contributed by atoms with van der Waals surface area (Å²) in [5.74, 6) is -0.207. The molecule has 0 saturated heterocycles. The van der Waals surface area contributed by atoms with Crippen LogP contribution >= 0.6 is 0 Å². The maximum atomic E-state index is 12.6. The van der Waals surface area contributed by atoms with Crippen LogP contribution in [0.3, 0.4) is 0 Å². The van der Waals surface area contributed by atoms with E-state index in [1.807, 2.05) is 13.8 Å². The van der Waals surface area contributed by atoms with E-state index in [1.54, 1.807) is 18.2 Å². The van der Waals surface area contributed by atoms with Crippen molar-refractivity contribution in [3.05, 3.63) is 53.9 Å². The first-order chi connectivity index (χ1) is 6.15. The number of rotatable bonds is 2. The molecule has 0 N–H and O–H groups in total. The summed E-state index contributed by atoms with van der Waals surface area (Å²) in [5, 5.41) is 0. The van der Waals surface area contributed by atoms with Crippen LogP contribution in [-0.2, 0) is 0 Å². The molecular formula is C12H13F. The first kappa shape index (κ1) is 9.72. The maximum absolute atomic E-state index is 12.6. The molecule has 1 aromatic carbocycles. The minimum absolute atomic E-state index is 0.207. The van der Waals surface area contributed by atoms with E-state index in [4.69, 9.17) is 0 Å². The van der Waals surface area contributed by atoms with Gasteiger partial charge in [-0.3, -0.25) is 0 Å². The fourth-order valence-corrected chi connectivity index (χ4v) is 1.24. The summed E-state index contributed by atoms with van der Waals surface area (Å²) in [4.78, 5) is 0. The van der Waals surface area contributed by atoms with Crippen LogP contribution in [-0.4, -0.2) is 0 Å². The van der Waals surface area contributed by atoms with Crippen molar-refractivity contribution in [2.75, 3.05) is 0 Å². The molecule has 0 heterocycles. The van der Waals surface area contributed by atoms with Crippen LogP contribution in [0.15, 0.2) is 42.5 Å². The minimum atomic E-state index is -0.207. The lowest BCUT2D eigenvalue weighted by Crippen LogP contribution is -1.83. The third kappa shape index (κ3) is 2.28. The van der Waals surface area contributed by atoms with E-state index < -0.39 is 0 Å². The number of hydrogen-bond acceptors (Lipinski definition) is 0. The van der Waals surface area contributed by atoms with Gasteiger partial charge in [-0.05, 0) is 37.1 Å². The molecule has 0 amide bonds. The van der Waals surface area contributed by atoms with Crippen LogP contribution in [0.5, 0.6) is 0 Å². The van der Waals surface area contributed by atoms with Gasteiger partial charge < -0.3 is 0 Å². The zero-order chi connectivity index (χ0) is 9.84. The Labute approximate surface area is 78.4 Å². The molecule has 0 aliphatic heterocycles. The molecule has 0 radical (unpaired) electrons. The van der Waals surface area contributed by atoms with Gasteiger partial charge >= 0.3 is 0 Å². The highest BCUT2D eigenvalue weighted by atomic mass is 19.1. The summed E-state index contributed by atoms with van der Waals surface area (Å²) in [6.45, 7) is 7.76. The van der Waals surface area contributed by atoms with Gasteiger partial charge in [-0.15, -0.1) is 0 Å². The average Bonchev–Trinajstić information content (AvgIpc) is 2.09. The summed E-state index contributed by atoms with van der Waals surface area (Å²) in [6.07, 6.45) is 1.79. The van der Waals surface area contributed by atoms with E-state index in [-0.39, 0.29) is 5.82 Å². The molecule has 1 rings (SSSR count). The quantitative estimate of drug-likeness (QED) is 0.601. The molecule has 0 aliphatic carbocycles. The van der Waals surface area contributed by atoms with Crippen LogP contribution in [0.1, 0.15) is 19.4 Å². The number of allylic oxidation sites excluding steroid dienone is 3. The zero-order valence-electron chi connectivity index (χ0n) is 7.97. The van der Waals surface area contributed by atoms with E-state index >= 15 is 0 Å². The molecule has 13 heavy (non-hydrogen) atoms. The second kappa shape index (κ2) is 4.04. The average molecular weight is 176 g/mol. The lowest BCUT2D eigenvalue weighted by Gasteiger charge is -2.04. The van der Waals surface area contributed by atoms with Crippen molar-refractivity contribution in [1.82, 2.24) is 0 Å². The van der Waals surface area contributed by atoms with E-state index in [1.165, 1.54) is 17.7 Å². The Bertz CT molecular complexity index is 327. The molecular weight excluding hydrogens is 163 g/mol. The Morgan fingerprint density at radius 1 is 1.23 bits per heavy atom. The Morgan fingerprint density at radius 3 is 2.15 bits per heavy atom. The molecule has 0 aromatic heterocycles. The van der Waals surface area contributed by atoms with Gasteiger partial charge in [0.05, 0.1) is 0 Å². The predicted molar refractivity (Wildman–Crippen MR) is 54.9 cm³/mol. The minimum Gasteiger partial charge on any atom is -0.207 e. The smallest absolute Gasteiger partial charge is 0.123 e. The van der Waals surface area contributed by atoms with Crippen LogP contribution < -0.4 is 0 Å². The van der Waals surface area contributed by atoms with Gasteiger partial charge in [-0.2, -0.15) is 0 Å². The molecule has 0 bridgehead atoms. The maximum Gasteiger partial charge on any atom is 0.123 e. The van der Waals surface area contributed by atoms with E-state index in [0.717, 1.165) is 11.1 Å². The van der Waals surface area contributed by atoms with Crippen LogP contribution in [0.2, 0.25) is 0 Å². The lowest BCUT2D eigenvalue weighted by molar-refractivity contribution is 0.627. The summed E-state index contributed by atoms with van der Waals surface area (Å²) < 4.78 is 12.6. The van der Waals surface area contributed by atoms with Gasteiger partial charge in [0.25, 0.3) is 0 Å². The summed E-state index contributed by atoms with van der Waals surface area (Å²) >= 11 is 0. The monoisotopic (exact) mass is 176 g/mol. The Kier molecular flexibility index (Phi) is 3.02. The first-order valence-electron chi connectivity index (χ1n) is 4.21. The third-order valence-electron chi connectivity index (χ3n) is 1.90. The van der Waals surface area contributed by atoms with Gasteiger partial charge in [0.15, 0.2) is 0 Å². The molecule has 68 valence electrons. The predicted octanol–water partition coefficient (Wildman–Crippen LogP) is 3.81. The molecule has 1 aromatic rings. The van der Waals surface area contributed by atoms with E-state index in [0.29, 0.717) is 0 Å². The Hall–Kier alpha value is -1.37. The van der Waals surface area contributed by atoms with Crippen LogP contribution in [0.4, 0.5) is 4.39 Å². The molecule has 0 aliphatic rings. The first-order valence-corrected chi connectivity index (χ1v) is 4.21.